The van der Waals surface area contributed by atoms with Gasteiger partial charge in [0.2, 0.25) is 5.91 Å². The monoisotopic (exact) mass is 186 g/mol. The van der Waals surface area contributed by atoms with Gasteiger partial charge in [0.25, 0.3) is 0 Å². The number of amides is 1. The third kappa shape index (κ3) is 2.97. The number of nitrogens with one attached hydrogen (secondary N) is 1. The first-order valence-electron chi connectivity index (χ1n) is 4.77. The summed E-state index contributed by atoms with van der Waals surface area (Å²) in [6.45, 7) is 3.03. The molecule has 2 N–H and O–H groups in total. The zero-order valence-electron chi connectivity index (χ0n) is 8.29. The summed E-state index contributed by atoms with van der Waals surface area (Å²) < 4.78 is 0. The van der Waals surface area contributed by atoms with Crippen LogP contribution in [0.5, 0.6) is 0 Å². The van der Waals surface area contributed by atoms with Crippen LogP contribution in [0.1, 0.15) is 19.8 Å². The number of hydrogen-bond donors (Lipinski definition) is 2. The Morgan fingerprint density at radius 2 is 2.46 bits per heavy atom. The minimum atomic E-state index is -0.449. The summed E-state index contributed by atoms with van der Waals surface area (Å²) in [5, 5.41) is 12.2. The van der Waals surface area contributed by atoms with Crippen LogP contribution in [0.3, 0.4) is 0 Å². The summed E-state index contributed by atoms with van der Waals surface area (Å²) in [6.07, 6.45) is 1.54. The van der Waals surface area contributed by atoms with Gasteiger partial charge in [0, 0.05) is 13.6 Å². The minimum Gasteiger partial charge on any atom is -0.392 e. The number of hydrogen-bond acceptors (Lipinski definition) is 3. The topological polar surface area (TPSA) is 52.6 Å². The van der Waals surface area contributed by atoms with Crippen LogP contribution < -0.4 is 5.32 Å². The molecule has 4 nitrogen and oxygen atoms in total. The summed E-state index contributed by atoms with van der Waals surface area (Å²) in [5.74, 6) is 0.0957. The first-order valence-corrected chi connectivity index (χ1v) is 4.77. The van der Waals surface area contributed by atoms with Gasteiger partial charge in [0.15, 0.2) is 0 Å². The van der Waals surface area contributed by atoms with Gasteiger partial charge < -0.3 is 15.3 Å². The van der Waals surface area contributed by atoms with Crippen molar-refractivity contribution in [3.8, 4) is 0 Å². The van der Waals surface area contributed by atoms with Gasteiger partial charge in [0.1, 0.15) is 0 Å². The van der Waals surface area contributed by atoms with Crippen molar-refractivity contribution < 1.29 is 9.90 Å². The second kappa shape index (κ2) is 4.58. The highest BCUT2D eigenvalue weighted by molar-refractivity contribution is 5.81. The molecular formula is C9H18N2O2. The minimum absolute atomic E-state index is 0.0243. The van der Waals surface area contributed by atoms with Crippen LogP contribution in [0.2, 0.25) is 0 Å². The van der Waals surface area contributed by atoms with Gasteiger partial charge in [0.05, 0.1) is 12.1 Å². The van der Waals surface area contributed by atoms with E-state index in [-0.39, 0.29) is 11.9 Å². The fourth-order valence-corrected chi connectivity index (χ4v) is 1.65. The maximum atomic E-state index is 11.6. The Kier molecular flexibility index (Phi) is 3.69. The molecule has 0 bridgehead atoms. The Hall–Kier alpha value is -0.610. The molecule has 1 aliphatic heterocycles. The van der Waals surface area contributed by atoms with E-state index in [4.69, 9.17) is 5.11 Å². The molecule has 4 heteroatoms. The quantitative estimate of drug-likeness (QED) is 0.629. The van der Waals surface area contributed by atoms with Gasteiger partial charge >= 0.3 is 0 Å². The normalized spacial score (nSPS) is 24.4. The SMILES string of the molecule is CC(O)CN(C)C(=O)[C@@H]1CCCN1. The van der Waals surface area contributed by atoms with Crippen molar-refractivity contribution in [1.29, 1.82) is 0 Å². The van der Waals surface area contributed by atoms with Crippen molar-refractivity contribution in [2.45, 2.75) is 31.9 Å². The molecule has 2 atom stereocenters. The second-order valence-corrected chi connectivity index (χ2v) is 3.72. The van der Waals surface area contributed by atoms with E-state index < -0.39 is 6.10 Å². The molecule has 1 saturated heterocycles. The first-order chi connectivity index (χ1) is 6.11. The Morgan fingerprint density at radius 3 is 2.92 bits per heavy atom. The predicted octanol–water partition coefficient (Wildman–Crippen LogP) is -0.422. The smallest absolute Gasteiger partial charge is 0.239 e. The molecule has 1 rings (SSSR count). The molecule has 1 amide bonds. The summed E-state index contributed by atoms with van der Waals surface area (Å²) >= 11 is 0. The molecule has 0 aromatic carbocycles. The third-order valence-corrected chi connectivity index (χ3v) is 2.27. The van der Waals surface area contributed by atoms with Crippen molar-refractivity contribution in [2.75, 3.05) is 20.1 Å². The molecule has 0 aromatic heterocycles. The van der Waals surface area contributed by atoms with Crippen LogP contribution in [0.4, 0.5) is 0 Å². The molecule has 0 spiro atoms. The summed E-state index contributed by atoms with van der Waals surface area (Å²) in [5.41, 5.74) is 0. The molecule has 1 fully saturated rings. The van der Waals surface area contributed by atoms with E-state index in [0.29, 0.717) is 6.54 Å². The largest absolute Gasteiger partial charge is 0.392 e. The van der Waals surface area contributed by atoms with E-state index in [1.54, 1.807) is 18.9 Å². The van der Waals surface area contributed by atoms with Gasteiger partial charge in [-0.1, -0.05) is 0 Å². The highest BCUT2D eigenvalue weighted by Crippen LogP contribution is 2.07. The molecule has 13 heavy (non-hydrogen) atoms. The van der Waals surface area contributed by atoms with Gasteiger partial charge in [-0.15, -0.1) is 0 Å². The molecule has 1 unspecified atom stereocenters. The lowest BCUT2D eigenvalue weighted by atomic mass is 10.2. The standard InChI is InChI=1S/C9H18N2O2/c1-7(12)6-11(2)9(13)8-4-3-5-10-8/h7-8,10,12H,3-6H2,1-2H3/t7?,8-/m0/s1. The van der Waals surface area contributed by atoms with Gasteiger partial charge in [-0.3, -0.25) is 4.79 Å². The molecule has 76 valence electrons. The van der Waals surface area contributed by atoms with Crippen LogP contribution in [-0.4, -0.2) is 48.2 Å². The Bertz CT molecular complexity index is 176. The molecule has 1 aliphatic rings. The molecule has 0 radical (unpaired) electrons. The zero-order chi connectivity index (χ0) is 9.84. The highest BCUT2D eigenvalue weighted by atomic mass is 16.3. The number of likely N-dealkylation sites (N-methyl/N-ethyl adjacent to an activating group) is 1. The van der Waals surface area contributed by atoms with Crippen LogP contribution in [0.25, 0.3) is 0 Å². The van der Waals surface area contributed by atoms with E-state index in [0.717, 1.165) is 19.4 Å². The lowest BCUT2D eigenvalue weighted by molar-refractivity contribution is -0.132. The van der Waals surface area contributed by atoms with Crippen LogP contribution >= 0.6 is 0 Å². The molecule has 0 saturated carbocycles. The summed E-state index contributed by atoms with van der Waals surface area (Å²) in [4.78, 5) is 13.2. The molecule has 0 aromatic rings. The lowest BCUT2D eigenvalue weighted by Gasteiger charge is -2.22. The average molecular weight is 186 g/mol. The Balaban J connectivity index is 2.36. The van der Waals surface area contributed by atoms with Crippen molar-refractivity contribution in [1.82, 2.24) is 10.2 Å². The second-order valence-electron chi connectivity index (χ2n) is 3.72. The fourth-order valence-electron chi connectivity index (χ4n) is 1.65. The van der Waals surface area contributed by atoms with Gasteiger partial charge in [-0.25, -0.2) is 0 Å². The van der Waals surface area contributed by atoms with E-state index in [1.807, 2.05) is 0 Å². The average Bonchev–Trinajstić information content (AvgIpc) is 2.53. The van der Waals surface area contributed by atoms with Gasteiger partial charge in [-0.2, -0.15) is 0 Å². The maximum absolute atomic E-state index is 11.6. The number of aliphatic hydroxyl groups excluding tert-OH is 1. The summed E-state index contributed by atoms with van der Waals surface area (Å²) in [7, 11) is 1.73. The number of carbonyl (C=O) groups is 1. The van der Waals surface area contributed by atoms with E-state index in [1.165, 1.54) is 0 Å². The summed E-state index contributed by atoms with van der Waals surface area (Å²) in [6, 6.07) is -0.0243. The molecular weight excluding hydrogens is 168 g/mol. The van der Waals surface area contributed by atoms with Crippen LogP contribution in [0, 0.1) is 0 Å². The number of carbonyl (C=O) groups excluding carboxylic acids is 1. The number of nitrogens with zero attached hydrogens (tertiary/aromatic N) is 1. The third-order valence-electron chi connectivity index (χ3n) is 2.27. The van der Waals surface area contributed by atoms with E-state index in [9.17, 15) is 4.79 Å². The highest BCUT2D eigenvalue weighted by Gasteiger charge is 2.25. The van der Waals surface area contributed by atoms with Gasteiger partial charge in [-0.05, 0) is 26.3 Å². The Labute approximate surface area is 78.9 Å². The maximum Gasteiger partial charge on any atom is 0.239 e. The molecule has 0 aliphatic carbocycles. The van der Waals surface area contributed by atoms with Crippen molar-refractivity contribution in [3.05, 3.63) is 0 Å². The zero-order valence-corrected chi connectivity index (χ0v) is 8.29. The number of aliphatic hydroxyl groups is 1. The van der Waals surface area contributed by atoms with Crippen molar-refractivity contribution in [2.24, 2.45) is 0 Å². The Morgan fingerprint density at radius 1 is 1.77 bits per heavy atom. The van der Waals surface area contributed by atoms with Crippen molar-refractivity contribution in [3.63, 3.8) is 0 Å². The molecule has 1 heterocycles. The van der Waals surface area contributed by atoms with Crippen LogP contribution in [-0.2, 0) is 4.79 Å². The van der Waals surface area contributed by atoms with Crippen molar-refractivity contribution >= 4 is 5.91 Å². The van der Waals surface area contributed by atoms with Crippen LogP contribution in [0.15, 0.2) is 0 Å². The predicted molar refractivity (Wildman–Crippen MR) is 50.3 cm³/mol. The fraction of sp³-hybridized carbons (Fsp3) is 0.889. The van der Waals surface area contributed by atoms with E-state index in [2.05, 4.69) is 5.32 Å². The number of rotatable bonds is 3. The van der Waals surface area contributed by atoms with E-state index >= 15 is 0 Å². The first kappa shape index (κ1) is 10.5. The lowest BCUT2D eigenvalue weighted by Crippen LogP contribution is -2.43.